The Morgan fingerprint density at radius 3 is 2.80 bits per heavy atom. The molecule has 1 fully saturated rings. The highest BCUT2D eigenvalue weighted by atomic mass is 35.5. The monoisotopic (exact) mass is 227 g/mol. The Morgan fingerprint density at radius 2 is 2.20 bits per heavy atom. The molecular formula is C11H18ClN3. The van der Waals surface area contributed by atoms with Gasteiger partial charge in [0.1, 0.15) is 5.82 Å². The van der Waals surface area contributed by atoms with Crippen molar-refractivity contribution in [2.75, 3.05) is 0 Å². The fraction of sp³-hybridized carbons (Fsp3) is 0.818. The summed E-state index contributed by atoms with van der Waals surface area (Å²) in [6.07, 6.45) is 4.89. The predicted molar refractivity (Wildman–Crippen MR) is 60.9 cm³/mol. The Hall–Kier alpha value is -0.570. The SMILES string of the molecule is CCc1nnc(Cl)n1CC1CCC(C)C1. The van der Waals surface area contributed by atoms with Gasteiger partial charge in [0.25, 0.3) is 0 Å². The van der Waals surface area contributed by atoms with E-state index >= 15 is 0 Å². The third-order valence-electron chi connectivity index (χ3n) is 3.34. The zero-order valence-corrected chi connectivity index (χ0v) is 10.2. The number of rotatable bonds is 3. The number of nitrogens with zero attached hydrogens (tertiary/aromatic N) is 3. The molecule has 84 valence electrons. The predicted octanol–water partition coefficient (Wildman–Crippen LogP) is 2.93. The molecule has 2 atom stereocenters. The molecule has 0 aromatic carbocycles. The molecule has 2 rings (SSSR count). The van der Waals surface area contributed by atoms with Crippen LogP contribution in [0.3, 0.4) is 0 Å². The quantitative estimate of drug-likeness (QED) is 0.795. The molecule has 0 amide bonds. The van der Waals surface area contributed by atoms with Crippen LogP contribution in [0.2, 0.25) is 5.28 Å². The van der Waals surface area contributed by atoms with Crippen molar-refractivity contribution < 1.29 is 0 Å². The maximum absolute atomic E-state index is 6.03. The smallest absolute Gasteiger partial charge is 0.225 e. The van der Waals surface area contributed by atoms with Crippen molar-refractivity contribution in [2.24, 2.45) is 11.8 Å². The van der Waals surface area contributed by atoms with Gasteiger partial charge in [-0.3, -0.25) is 0 Å². The van der Waals surface area contributed by atoms with Gasteiger partial charge in [-0.05, 0) is 36.3 Å². The first kappa shape index (κ1) is 10.9. The minimum atomic E-state index is 0.548. The largest absolute Gasteiger partial charge is 0.302 e. The maximum atomic E-state index is 6.03. The van der Waals surface area contributed by atoms with Gasteiger partial charge in [0.15, 0.2) is 0 Å². The lowest BCUT2D eigenvalue weighted by Crippen LogP contribution is -2.11. The van der Waals surface area contributed by atoms with Gasteiger partial charge < -0.3 is 4.57 Å². The molecule has 1 aromatic heterocycles. The molecule has 15 heavy (non-hydrogen) atoms. The van der Waals surface area contributed by atoms with E-state index in [4.69, 9.17) is 11.6 Å². The van der Waals surface area contributed by atoms with Gasteiger partial charge in [0.05, 0.1) is 0 Å². The van der Waals surface area contributed by atoms with Crippen molar-refractivity contribution in [1.29, 1.82) is 0 Å². The third-order valence-corrected chi connectivity index (χ3v) is 3.62. The standard InChI is InChI=1S/C11H18ClN3/c1-3-10-13-14-11(12)15(10)7-9-5-4-8(2)6-9/h8-9H,3-7H2,1-2H3. The molecule has 1 heterocycles. The lowest BCUT2D eigenvalue weighted by Gasteiger charge is -2.12. The summed E-state index contributed by atoms with van der Waals surface area (Å²) in [6.45, 7) is 5.42. The molecule has 1 aliphatic carbocycles. The van der Waals surface area contributed by atoms with Crippen molar-refractivity contribution in [1.82, 2.24) is 14.8 Å². The Bertz CT molecular complexity index is 335. The second-order valence-electron chi connectivity index (χ2n) is 4.63. The average Bonchev–Trinajstić information content (AvgIpc) is 2.76. The lowest BCUT2D eigenvalue weighted by atomic mass is 10.1. The third kappa shape index (κ3) is 2.33. The van der Waals surface area contributed by atoms with E-state index in [-0.39, 0.29) is 0 Å². The van der Waals surface area contributed by atoms with Crippen LogP contribution in [0.25, 0.3) is 0 Å². The normalized spacial score (nSPS) is 26.1. The second-order valence-corrected chi connectivity index (χ2v) is 4.97. The Morgan fingerprint density at radius 1 is 1.40 bits per heavy atom. The summed E-state index contributed by atoms with van der Waals surface area (Å²) < 4.78 is 2.07. The van der Waals surface area contributed by atoms with Crippen LogP contribution in [-0.2, 0) is 13.0 Å². The van der Waals surface area contributed by atoms with Crippen molar-refractivity contribution in [3.05, 3.63) is 11.1 Å². The summed E-state index contributed by atoms with van der Waals surface area (Å²) in [4.78, 5) is 0. The van der Waals surface area contributed by atoms with Crippen LogP contribution < -0.4 is 0 Å². The summed E-state index contributed by atoms with van der Waals surface area (Å²) >= 11 is 6.03. The molecule has 0 N–H and O–H groups in total. The van der Waals surface area contributed by atoms with Gasteiger partial charge in [-0.1, -0.05) is 20.3 Å². The Balaban J connectivity index is 2.06. The highest BCUT2D eigenvalue weighted by Crippen LogP contribution is 2.32. The zero-order chi connectivity index (χ0) is 10.8. The van der Waals surface area contributed by atoms with Gasteiger partial charge >= 0.3 is 0 Å². The van der Waals surface area contributed by atoms with Crippen molar-refractivity contribution >= 4 is 11.6 Å². The lowest BCUT2D eigenvalue weighted by molar-refractivity contribution is 0.433. The topological polar surface area (TPSA) is 30.7 Å². The van der Waals surface area contributed by atoms with E-state index in [1.54, 1.807) is 0 Å². The number of hydrogen-bond donors (Lipinski definition) is 0. The molecule has 0 radical (unpaired) electrons. The fourth-order valence-corrected chi connectivity index (χ4v) is 2.71. The van der Waals surface area contributed by atoms with Crippen LogP contribution in [0.4, 0.5) is 0 Å². The van der Waals surface area contributed by atoms with E-state index in [0.717, 1.165) is 30.6 Å². The van der Waals surface area contributed by atoms with E-state index in [2.05, 4.69) is 28.6 Å². The molecule has 1 saturated carbocycles. The van der Waals surface area contributed by atoms with Gasteiger partial charge in [-0.2, -0.15) is 0 Å². The number of halogens is 1. The van der Waals surface area contributed by atoms with E-state index < -0.39 is 0 Å². The van der Waals surface area contributed by atoms with Crippen LogP contribution in [-0.4, -0.2) is 14.8 Å². The van der Waals surface area contributed by atoms with Gasteiger partial charge in [-0.15, -0.1) is 10.2 Å². The zero-order valence-electron chi connectivity index (χ0n) is 9.41. The molecule has 0 aliphatic heterocycles. The molecule has 3 nitrogen and oxygen atoms in total. The van der Waals surface area contributed by atoms with Crippen LogP contribution in [0.15, 0.2) is 0 Å². The molecule has 1 aliphatic rings. The van der Waals surface area contributed by atoms with E-state index in [1.165, 1.54) is 19.3 Å². The molecular weight excluding hydrogens is 210 g/mol. The van der Waals surface area contributed by atoms with Crippen LogP contribution in [0.5, 0.6) is 0 Å². The number of aryl methyl sites for hydroxylation is 1. The molecule has 0 spiro atoms. The minimum absolute atomic E-state index is 0.548. The summed E-state index contributed by atoms with van der Waals surface area (Å²) in [5.41, 5.74) is 0. The van der Waals surface area contributed by atoms with Gasteiger partial charge in [0, 0.05) is 13.0 Å². The van der Waals surface area contributed by atoms with Crippen molar-refractivity contribution in [2.45, 2.75) is 46.1 Å². The summed E-state index contributed by atoms with van der Waals surface area (Å²) in [6, 6.07) is 0. The van der Waals surface area contributed by atoms with Crippen molar-refractivity contribution in [3.8, 4) is 0 Å². The van der Waals surface area contributed by atoms with Crippen molar-refractivity contribution in [3.63, 3.8) is 0 Å². The van der Waals surface area contributed by atoms with Crippen LogP contribution >= 0.6 is 11.6 Å². The number of aromatic nitrogens is 3. The van der Waals surface area contributed by atoms with Gasteiger partial charge in [0.2, 0.25) is 5.28 Å². The Labute approximate surface area is 95.8 Å². The molecule has 0 bridgehead atoms. The highest BCUT2D eigenvalue weighted by molar-refractivity contribution is 6.28. The molecule has 4 heteroatoms. The minimum Gasteiger partial charge on any atom is -0.302 e. The molecule has 0 saturated heterocycles. The first-order valence-electron chi connectivity index (χ1n) is 5.78. The summed E-state index contributed by atoms with van der Waals surface area (Å²) in [5, 5.41) is 8.55. The first-order valence-corrected chi connectivity index (χ1v) is 6.16. The maximum Gasteiger partial charge on any atom is 0.225 e. The van der Waals surface area contributed by atoms with Crippen LogP contribution in [0, 0.1) is 11.8 Å². The number of hydrogen-bond acceptors (Lipinski definition) is 2. The van der Waals surface area contributed by atoms with E-state index in [9.17, 15) is 0 Å². The molecule has 1 aromatic rings. The summed E-state index contributed by atoms with van der Waals surface area (Å²) in [5.74, 6) is 2.65. The summed E-state index contributed by atoms with van der Waals surface area (Å²) in [7, 11) is 0. The second kappa shape index (κ2) is 4.52. The fourth-order valence-electron chi connectivity index (χ4n) is 2.50. The highest BCUT2D eigenvalue weighted by Gasteiger charge is 2.23. The average molecular weight is 228 g/mol. The van der Waals surface area contributed by atoms with Gasteiger partial charge in [-0.25, -0.2) is 0 Å². The Kier molecular flexibility index (Phi) is 3.29. The first-order chi connectivity index (χ1) is 7.20. The van der Waals surface area contributed by atoms with E-state index in [1.807, 2.05) is 0 Å². The van der Waals surface area contributed by atoms with E-state index in [0.29, 0.717) is 5.28 Å². The van der Waals surface area contributed by atoms with Crippen LogP contribution in [0.1, 0.15) is 38.9 Å². The molecule has 2 unspecified atom stereocenters.